The third kappa shape index (κ3) is 12.6. The number of nitrogens with one attached hydrogen (secondary N) is 4. The number of likely N-dealkylation sites (tertiary alicyclic amines) is 1. The first-order valence-electron chi connectivity index (χ1n) is 16.4. The predicted octanol–water partition coefficient (Wildman–Crippen LogP) is 1.57. The number of thiazole rings is 1. The zero-order valence-electron chi connectivity index (χ0n) is 29.4. The van der Waals surface area contributed by atoms with Crippen molar-refractivity contribution in [3.63, 3.8) is 0 Å². The Morgan fingerprint density at radius 2 is 1.78 bits per heavy atom. The van der Waals surface area contributed by atoms with Gasteiger partial charge >= 0.3 is 12.1 Å². The highest BCUT2D eigenvalue weighted by Crippen LogP contribution is 2.36. The Labute approximate surface area is 317 Å². The summed E-state index contributed by atoms with van der Waals surface area (Å²) in [5.41, 5.74) is 5.07. The van der Waals surface area contributed by atoms with Gasteiger partial charge in [0.1, 0.15) is 18.1 Å². The van der Waals surface area contributed by atoms with E-state index in [1.807, 2.05) is 0 Å². The molecule has 16 nitrogen and oxygen atoms in total. The molecule has 0 spiro atoms. The van der Waals surface area contributed by atoms with Crippen molar-refractivity contribution in [2.75, 3.05) is 13.1 Å². The summed E-state index contributed by atoms with van der Waals surface area (Å²) in [5, 5.41) is 17.9. The largest absolute Gasteiger partial charge is 0.480 e. The molecule has 1 aliphatic heterocycles. The second kappa shape index (κ2) is 18.3. The van der Waals surface area contributed by atoms with E-state index in [0.29, 0.717) is 31.1 Å². The van der Waals surface area contributed by atoms with Crippen molar-refractivity contribution in [2.45, 2.75) is 94.5 Å². The molecule has 7 N–H and O–H groups in total. The van der Waals surface area contributed by atoms with E-state index >= 15 is 0 Å². The van der Waals surface area contributed by atoms with Crippen LogP contribution in [-0.2, 0) is 51.4 Å². The van der Waals surface area contributed by atoms with Crippen LogP contribution in [0.25, 0.3) is 0 Å². The topological polar surface area (TPSA) is 247 Å². The van der Waals surface area contributed by atoms with Gasteiger partial charge in [0.15, 0.2) is 0 Å². The van der Waals surface area contributed by atoms with Gasteiger partial charge in [-0.3, -0.25) is 28.8 Å². The number of aliphatic carboxylic acids is 1. The molecule has 1 fully saturated rings. The zero-order valence-corrected chi connectivity index (χ0v) is 31.8. The van der Waals surface area contributed by atoms with E-state index in [0.717, 1.165) is 6.07 Å². The summed E-state index contributed by atoms with van der Waals surface area (Å²) in [6, 6.07) is -3.03. The summed E-state index contributed by atoms with van der Waals surface area (Å²) in [5.74, 6) is -5.20. The van der Waals surface area contributed by atoms with Crippen molar-refractivity contribution < 1.29 is 55.5 Å². The van der Waals surface area contributed by atoms with Gasteiger partial charge in [-0.05, 0) is 42.9 Å². The Balaban J connectivity index is 1.65. The fourth-order valence-corrected chi connectivity index (χ4v) is 7.59. The van der Waals surface area contributed by atoms with Crippen molar-refractivity contribution >= 4 is 68.5 Å². The Hall–Kier alpha value is -4.34. The van der Waals surface area contributed by atoms with E-state index in [1.165, 1.54) is 21.7 Å². The van der Waals surface area contributed by atoms with E-state index in [2.05, 4.69) is 20.9 Å². The number of aromatic nitrogens is 1. The van der Waals surface area contributed by atoms with Gasteiger partial charge in [0, 0.05) is 37.2 Å². The molecule has 1 aromatic heterocycles. The van der Waals surface area contributed by atoms with Crippen LogP contribution in [0.1, 0.15) is 64.1 Å². The summed E-state index contributed by atoms with van der Waals surface area (Å²) in [6.45, 7) is 4.87. The lowest BCUT2D eigenvalue weighted by Crippen LogP contribution is -2.60. The molecule has 0 radical (unpaired) electrons. The molecular weight excluding hydrogens is 783 g/mol. The molecule has 4 atom stereocenters. The Morgan fingerprint density at radius 3 is 2.35 bits per heavy atom. The summed E-state index contributed by atoms with van der Waals surface area (Å²) >= 11 is 6.77. The summed E-state index contributed by atoms with van der Waals surface area (Å²) in [7, 11) is -4.83. The lowest BCUT2D eigenvalue weighted by atomic mass is 9.85. The number of carbonyl (C=O) groups is 6. The molecule has 0 unspecified atom stereocenters. The van der Waals surface area contributed by atoms with Crippen LogP contribution in [0.4, 0.5) is 13.2 Å². The zero-order chi connectivity index (χ0) is 40.6. The number of rotatable bonds is 17. The maximum absolute atomic E-state index is 13.7. The minimum absolute atomic E-state index is 0.0348. The van der Waals surface area contributed by atoms with Gasteiger partial charge in [0.2, 0.25) is 39.6 Å². The fraction of sp³-hybridized carbons (Fsp3) is 0.531. The Bertz CT molecular complexity index is 1820. The third-order valence-corrected chi connectivity index (χ3v) is 10.7. The van der Waals surface area contributed by atoms with Gasteiger partial charge in [-0.1, -0.05) is 32.4 Å². The van der Waals surface area contributed by atoms with Crippen LogP contribution in [0.3, 0.4) is 0 Å². The van der Waals surface area contributed by atoms with Gasteiger partial charge in [-0.15, -0.1) is 11.3 Å². The van der Waals surface area contributed by atoms with Crippen molar-refractivity contribution in [3.05, 3.63) is 45.4 Å². The average molecular weight is 824 g/mol. The number of carboxylic acid groups (broad SMARTS) is 1. The lowest BCUT2D eigenvalue weighted by molar-refractivity contribution is -0.141. The molecule has 1 aromatic carbocycles. The molecule has 0 bridgehead atoms. The van der Waals surface area contributed by atoms with Crippen molar-refractivity contribution in [1.82, 2.24) is 30.6 Å². The van der Waals surface area contributed by atoms with Crippen LogP contribution < -0.4 is 26.4 Å². The highest BCUT2D eigenvalue weighted by molar-refractivity contribution is 7.89. The van der Waals surface area contributed by atoms with Gasteiger partial charge < -0.3 is 31.7 Å². The SMILES string of the molecule is CC(C)(C)[C@H](NC(=O)[C@H](Cc1cscn1)NC(=O)CNC(=O)CC[C@H](NS(=O)(=O)c1ccc(Cl)c(C(F)(F)F)c1)C(=O)O)C(=O)N1CCC[C@H]1CC(N)=O. The number of hydrogen-bond acceptors (Lipinski definition) is 10. The molecule has 54 heavy (non-hydrogen) atoms. The molecule has 1 saturated heterocycles. The minimum atomic E-state index is -5.00. The predicted molar refractivity (Wildman–Crippen MR) is 188 cm³/mol. The van der Waals surface area contributed by atoms with Crippen LogP contribution in [0.2, 0.25) is 5.02 Å². The maximum atomic E-state index is 13.7. The number of primary amides is 1. The number of nitrogens with zero attached hydrogens (tertiary/aromatic N) is 2. The normalized spacial score (nSPS) is 16.6. The number of hydrogen-bond donors (Lipinski definition) is 6. The summed E-state index contributed by atoms with van der Waals surface area (Å²) < 4.78 is 67.0. The fourth-order valence-electron chi connectivity index (χ4n) is 5.55. The molecule has 2 heterocycles. The lowest BCUT2D eigenvalue weighted by Gasteiger charge is -2.36. The molecular formula is C32H41ClF3N7O9S2. The molecule has 22 heteroatoms. The first kappa shape index (κ1) is 44.1. The number of nitrogens with two attached hydrogens (primary N) is 1. The van der Waals surface area contributed by atoms with E-state index < -0.39 is 116 Å². The standard InChI is InChI=1S/C32H41ClF3N7O9S2/c1-31(2,3)27(29(48)43-10-4-5-18(43)12-24(37)44)41-28(47)23(11-17-15-53-16-39-17)40-26(46)14-38-25(45)9-8-22(30(49)50)42-54(51,52)19-6-7-21(33)20(13-19)32(34,35)36/h6-7,13,15-16,18,22-23,27,42H,4-5,8-12,14H2,1-3H3,(H2,37,44)(H,38,45)(H,40,46)(H,41,47)(H,49,50)/t18-,22-,23-,27+/m0/s1. The van der Waals surface area contributed by atoms with E-state index in [1.54, 1.807) is 30.9 Å². The van der Waals surface area contributed by atoms with Crippen LogP contribution in [0.5, 0.6) is 0 Å². The first-order chi connectivity index (χ1) is 25.0. The molecule has 0 saturated carbocycles. The molecule has 2 aromatic rings. The van der Waals surface area contributed by atoms with Gasteiger partial charge in [0.05, 0.1) is 33.2 Å². The summed E-state index contributed by atoms with van der Waals surface area (Å²) in [4.78, 5) is 81.1. The number of amides is 5. The van der Waals surface area contributed by atoms with E-state index in [9.17, 15) is 55.5 Å². The highest BCUT2D eigenvalue weighted by atomic mass is 35.5. The quantitative estimate of drug-likeness (QED) is 0.134. The number of alkyl halides is 3. The van der Waals surface area contributed by atoms with Gasteiger partial charge in [-0.25, -0.2) is 13.4 Å². The van der Waals surface area contributed by atoms with Crippen molar-refractivity contribution in [2.24, 2.45) is 11.1 Å². The molecule has 3 rings (SSSR count). The average Bonchev–Trinajstić information content (AvgIpc) is 3.74. The highest BCUT2D eigenvalue weighted by Gasteiger charge is 2.41. The second-order valence-corrected chi connectivity index (χ2v) is 16.4. The third-order valence-electron chi connectivity index (χ3n) is 8.30. The van der Waals surface area contributed by atoms with Gasteiger partial charge in [-0.2, -0.15) is 17.9 Å². The van der Waals surface area contributed by atoms with Crippen molar-refractivity contribution in [1.29, 1.82) is 0 Å². The number of benzene rings is 1. The Kier molecular flexibility index (Phi) is 15.0. The Morgan fingerprint density at radius 1 is 1.09 bits per heavy atom. The summed E-state index contributed by atoms with van der Waals surface area (Å²) in [6.07, 6.45) is -5.20. The van der Waals surface area contributed by atoms with Crippen LogP contribution in [0.15, 0.2) is 34.0 Å². The maximum Gasteiger partial charge on any atom is 0.417 e. The van der Waals surface area contributed by atoms with Crippen LogP contribution in [0, 0.1) is 5.41 Å². The van der Waals surface area contributed by atoms with Gasteiger partial charge in [0.25, 0.3) is 0 Å². The second-order valence-electron chi connectivity index (χ2n) is 13.6. The molecule has 298 valence electrons. The number of carbonyl (C=O) groups excluding carboxylic acids is 5. The molecule has 0 aliphatic carbocycles. The molecule has 1 aliphatic rings. The number of carboxylic acids is 1. The van der Waals surface area contributed by atoms with E-state index in [4.69, 9.17) is 17.3 Å². The monoisotopic (exact) mass is 823 g/mol. The number of sulfonamides is 1. The van der Waals surface area contributed by atoms with Crippen molar-refractivity contribution in [3.8, 4) is 0 Å². The smallest absolute Gasteiger partial charge is 0.417 e. The molecule has 5 amide bonds. The minimum Gasteiger partial charge on any atom is -0.480 e. The number of halogens is 4. The van der Waals surface area contributed by atoms with Crippen LogP contribution in [-0.4, -0.2) is 96.2 Å². The van der Waals surface area contributed by atoms with Crippen LogP contribution >= 0.6 is 22.9 Å². The first-order valence-corrected chi connectivity index (χ1v) is 19.2. The van der Waals surface area contributed by atoms with E-state index in [-0.39, 0.29) is 18.9 Å².